The Morgan fingerprint density at radius 1 is 1.13 bits per heavy atom. The molecule has 0 bridgehead atoms. The molecule has 4 heterocycles. The van der Waals surface area contributed by atoms with Gasteiger partial charge >= 0.3 is 0 Å². The second kappa shape index (κ2) is 10.4. The third kappa shape index (κ3) is 5.36. The van der Waals surface area contributed by atoms with Crippen LogP contribution in [0.1, 0.15) is 40.4 Å². The summed E-state index contributed by atoms with van der Waals surface area (Å²) in [7, 11) is -3.64. The summed E-state index contributed by atoms with van der Waals surface area (Å²) in [6.45, 7) is 5.80. The molecule has 31 heavy (non-hydrogen) atoms. The summed E-state index contributed by atoms with van der Waals surface area (Å²) in [5.41, 5.74) is 0. The maximum absolute atomic E-state index is 13.1. The molecule has 1 unspecified atom stereocenters. The minimum Gasteiger partial charge on any atom is -0.349 e. The first-order valence-corrected chi connectivity index (χ1v) is 15.0. The smallest absolute Gasteiger partial charge is 0.262 e. The highest BCUT2D eigenvalue weighted by molar-refractivity contribution is 7.99. The largest absolute Gasteiger partial charge is 0.349 e. The summed E-state index contributed by atoms with van der Waals surface area (Å²) in [4.78, 5) is 17.2. The monoisotopic (exact) mass is 499 g/mol. The van der Waals surface area contributed by atoms with E-state index < -0.39 is 10.0 Å². The van der Waals surface area contributed by atoms with Crippen LogP contribution in [-0.4, -0.2) is 67.8 Å². The number of piperidine rings is 1. The number of carbonyl (C=O) groups excluding carboxylic acids is 1. The molecule has 2 aliphatic rings. The molecule has 0 aromatic carbocycles. The van der Waals surface area contributed by atoms with Crippen LogP contribution < -0.4 is 5.32 Å². The van der Waals surface area contributed by atoms with Gasteiger partial charge in [0.2, 0.25) is 10.0 Å². The van der Waals surface area contributed by atoms with E-state index in [2.05, 4.69) is 28.6 Å². The molecule has 1 amide bonds. The second-order valence-corrected chi connectivity index (χ2v) is 13.1. The van der Waals surface area contributed by atoms with E-state index in [1.54, 1.807) is 34.5 Å². The van der Waals surface area contributed by atoms with E-state index in [4.69, 9.17) is 0 Å². The van der Waals surface area contributed by atoms with Gasteiger partial charge in [0.15, 0.2) is 0 Å². The van der Waals surface area contributed by atoms with Crippen molar-refractivity contribution in [1.82, 2.24) is 14.5 Å². The van der Waals surface area contributed by atoms with Crippen LogP contribution in [0.5, 0.6) is 0 Å². The normalized spacial score (nSPS) is 20.5. The Hall–Kier alpha value is -0.910. The van der Waals surface area contributed by atoms with E-state index >= 15 is 0 Å². The van der Waals surface area contributed by atoms with Gasteiger partial charge in [-0.2, -0.15) is 16.1 Å². The molecule has 10 heteroatoms. The number of sulfonamides is 1. The average molecular weight is 500 g/mol. The van der Waals surface area contributed by atoms with Gasteiger partial charge < -0.3 is 5.32 Å². The van der Waals surface area contributed by atoms with Crippen LogP contribution in [0.15, 0.2) is 33.9 Å². The summed E-state index contributed by atoms with van der Waals surface area (Å²) in [6.07, 6.45) is 2.33. The lowest BCUT2D eigenvalue weighted by molar-refractivity contribution is 0.0916. The molecule has 1 atom stereocenters. The number of hydrogen-bond donors (Lipinski definition) is 1. The van der Waals surface area contributed by atoms with Crippen molar-refractivity contribution in [3.8, 4) is 0 Å². The van der Waals surface area contributed by atoms with E-state index in [1.165, 1.54) is 20.5 Å². The number of likely N-dealkylation sites (tertiary alicyclic amines) is 1. The van der Waals surface area contributed by atoms with Crippen LogP contribution in [0, 0.1) is 5.92 Å². The van der Waals surface area contributed by atoms with Crippen LogP contribution in [0.4, 0.5) is 0 Å². The molecule has 0 radical (unpaired) electrons. The molecule has 0 aliphatic carbocycles. The lowest BCUT2D eigenvalue weighted by Crippen LogP contribution is -2.42. The third-order valence-electron chi connectivity index (χ3n) is 6.01. The first-order chi connectivity index (χ1) is 15.0. The van der Waals surface area contributed by atoms with Gasteiger partial charge in [-0.05, 0) is 54.7 Å². The maximum atomic E-state index is 13.1. The van der Waals surface area contributed by atoms with Crippen LogP contribution in [0.3, 0.4) is 0 Å². The predicted octanol–water partition coefficient (Wildman–Crippen LogP) is 3.75. The molecule has 0 saturated carbocycles. The maximum Gasteiger partial charge on any atom is 0.262 e. The number of nitrogens with one attached hydrogen (secondary N) is 1. The Balaban J connectivity index is 1.47. The molecule has 2 aromatic rings. The third-order valence-corrected chi connectivity index (χ3v) is 10.9. The minimum absolute atomic E-state index is 0.121. The van der Waals surface area contributed by atoms with Crippen LogP contribution in [-0.2, 0) is 10.0 Å². The number of thiophene rings is 2. The number of hydrogen-bond acceptors (Lipinski definition) is 7. The fraction of sp³-hybridized carbons (Fsp3) is 0.571. The second-order valence-electron chi connectivity index (χ2n) is 8.09. The molecule has 2 fully saturated rings. The first-order valence-electron chi connectivity index (χ1n) is 10.7. The minimum atomic E-state index is -3.64. The van der Waals surface area contributed by atoms with Crippen LogP contribution >= 0.6 is 34.4 Å². The van der Waals surface area contributed by atoms with Gasteiger partial charge in [-0.3, -0.25) is 9.69 Å². The molecular formula is C21H29N3O3S4. The predicted molar refractivity (Wildman–Crippen MR) is 130 cm³/mol. The lowest BCUT2D eigenvalue weighted by Gasteiger charge is -2.36. The molecule has 2 aliphatic heterocycles. The van der Waals surface area contributed by atoms with Gasteiger partial charge in [-0.1, -0.05) is 13.0 Å². The number of thioether (sulfide) groups is 1. The Labute approximate surface area is 197 Å². The molecule has 170 valence electrons. The van der Waals surface area contributed by atoms with Crippen LogP contribution in [0.25, 0.3) is 0 Å². The molecular weight excluding hydrogens is 471 g/mol. The number of rotatable bonds is 7. The van der Waals surface area contributed by atoms with Gasteiger partial charge in [0.1, 0.15) is 9.77 Å². The Morgan fingerprint density at radius 3 is 2.55 bits per heavy atom. The number of carbonyl (C=O) groups is 1. The molecule has 0 spiro atoms. The summed E-state index contributed by atoms with van der Waals surface area (Å²) < 4.78 is 27.7. The molecule has 1 N–H and O–H groups in total. The van der Waals surface area contributed by atoms with E-state index in [0.29, 0.717) is 19.6 Å². The van der Waals surface area contributed by atoms with Gasteiger partial charge in [0.25, 0.3) is 5.91 Å². The molecule has 2 aromatic heterocycles. The van der Waals surface area contributed by atoms with Crippen molar-refractivity contribution in [1.29, 1.82) is 0 Å². The fourth-order valence-electron chi connectivity index (χ4n) is 4.09. The van der Waals surface area contributed by atoms with E-state index in [1.807, 2.05) is 6.07 Å². The van der Waals surface area contributed by atoms with Gasteiger partial charge in [-0.15, -0.1) is 22.7 Å². The lowest BCUT2D eigenvalue weighted by atomic mass is 9.97. The Morgan fingerprint density at radius 2 is 1.87 bits per heavy atom. The highest BCUT2D eigenvalue weighted by atomic mass is 32.2. The summed E-state index contributed by atoms with van der Waals surface area (Å²) in [5, 5.41) is 6.81. The summed E-state index contributed by atoms with van der Waals surface area (Å²) in [5.74, 6) is 2.03. The van der Waals surface area contributed by atoms with Gasteiger partial charge in [-0.25, -0.2) is 8.42 Å². The van der Waals surface area contributed by atoms with Crippen LogP contribution in [0.2, 0.25) is 0 Å². The van der Waals surface area contributed by atoms with Crippen molar-refractivity contribution in [2.75, 3.05) is 44.2 Å². The van der Waals surface area contributed by atoms with Crippen molar-refractivity contribution in [2.45, 2.75) is 30.7 Å². The zero-order valence-electron chi connectivity index (χ0n) is 17.7. The SMILES string of the molecule is CC1CCN(C(CNC(=O)c2sccc2S(=O)(=O)N2CCSCC2)c2cccs2)CC1. The highest BCUT2D eigenvalue weighted by Crippen LogP contribution is 2.30. The summed E-state index contributed by atoms with van der Waals surface area (Å²) >= 11 is 4.66. The molecule has 2 saturated heterocycles. The molecule has 6 nitrogen and oxygen atoms in total. The first kappa shape index (κ1) is 23.3. The number of nitrogens with zero attached hydrogens (tertiary/aromatic N) is 2. The van der Waals surface area contributed by atoms with Crippen molar-refractivity contribution in [3.63, 3.8) is 0 Å². The molecule has 4 rings (SSSR count). The standard InChI is InChI=1S/C21H29N3O3S4/c1-16-4-7-23(8-5-16)17(18-3-2-11-29-18)15-22-21(25)20-19(6-12-30-20)31(26,27)24-9-13-28-14-10-24/h2-3,6,11-12,16-17H,4-5,7-10,13-15H2,1H3,(H,22,25). The Bertz CT molecular complexity index is 960. The average Bonchev–Trinajstić information content (AvgIpc) is 3.48. The Kier molecular flexibility index (Phi) is 7.77. The van der Waals surface area contributed by atoms with Crippen molar-refractivity contribution in [3.05, 3.63) is 38.7 Å². The van der Waals surface area contributed by atoms with E-state index in [9.17, 15) is 13.2 Å². The van der Waals surface area contributed by atoms with Gasteiger partial charge in [0.05, 0.1) is 6.04 Å². The zero-order valence-corrected chi connectivity index (χ0v) is 20.9. The summed E-state index contributed by atoms with van der Waals surface area (Å²) in [6, 6.07) is 5.85. The van der Waals surface area contributed by atoms with Crippen molar-refractivity contribution >= 4 is 50.4 Å². The zero-order chi connectivity index (χ0) is 21.8. The topological polar surface area (TPSA) is 69.7 Å². The highest BCUT2D eigenvalue weighted by Gasteiger charge is 2.32. The van der Waals surface area contributed by atoms with Crippen molar-refractivity contribution < 1.29 is 13.2 Å². The van der Waals surface area contributed by atoms with Gasteiger partial charge in [0, 0.05) is 36.0 Å². The van der Waals surface area contributed by atoms with E-state index in [0.717, 1.165) is 43.4 Å². The van der Waals surface area contributed by atoms with Crippen molar-refractivity contribution in [2.24, 2.45) is 5.92 Å². The quantitative estimate of drug-likeness (QED) is 0.628. The fourth-order valence-corrected chi connectivity index (χ4v) is 8.85. The number of amides is 1. The van der Waals surface area contributed by atoms with E-state index in [-0.39, 0.29) is 21.7 Å².